The molecule has 0 amide bonds. The molecule has 0 spiro atoms. The van der Waals surface area contributed by atoms with Gasteiger partial charge in [-0.15, -0.1) is 0 Å². The zero-order chi connectivity index (χ0) is 25.6. The van der Waals surface area contributed by atoms with Crippen LogP contribution in [-0.2, 0) is 11.8 Å². The molecule has 5 heterocycles. The molecule has 36 heavy (non-hydrogen) atoms. The Morgan fingerprint density at radius 3 is 2.58 bits per heavy atom. The summed E-state index contributed by atoms with van der Waals surface area (Å²) in [6.45, 7) is 6.76. The van der Waals surface area contributed by atoms with Gasteiger partial charge in [0.05, 0.1) is 11.5 Å². The van der Waals surface area contributed by atoms with E-state index >= 15 is 0 Å². The topological polar surface area (TPSA) is 86.0 Å². The fourth-order valence-corrected chi connectivity index (χ4v) is 4.49. The zero-order valence-corrected chi connectivity index (χ0v) is 20.4. The lowest BCUT2D eigenvalue weighted by Crippen LogP contribution is -2.43. The van der Waals surface area contributed by atoms with Crippen molar-refractivity contribution in [3.05, 3.63) is 75.9 Å². The fraction of sp³-hybridized carbons (Fsp3) is 0.346. The van der Waals surface area contributed by atoms with Crippen LogP contribution in [0, 0.1) is 13.8 Å². The van der Waals surface area contributed by atoms with Gasteiger partial charge in [-0.05, 0) is 56.7 Å². The predicted octanol–water partition coefficient (Wildman–Crippen LogP) is 4.31. The zero-order valence-electron chi connectivity index (χ0n) is 20.4. The molecule has 5 rings (SSSR count). The Morgan fingerprint density at radius 1 is 1.08 bits per heavy atom. The third-order valence-electron chi connectivity index (χ3n) is 6.43. The summed E-state index contributed by atoms with van der Waals surface area (Å²) in [5.74, 6) is 1.11. The summed E-state index contributed by atoms with van der Waals surface area (Å²) in [5, 5.41) is 0.400. The van der Waals surface area contributed by atoms with Crippen molar-refractivity contribution in [1.82, 2.24) is 24.5 Å². The average molecular weight is 493 g/mol. The van der Waals surface area contributed by atoms with Crippen LogP contribution in [0.15, 0.2) is 47.5 Å². The molecule has 4 aromatic rings. The normalized spacial score (nSPS) is 18.2. The quantitative estimate of drug-likeness (QED) is 0.420. The maximum atomic E-state index is 13.2. The van der Waals surface area contributed by atoms with Gasteiger partial charge in [0.2, 0.25) is 0 Å². The van der Waals surface area contributed by atoms with Gasteiger partial charge < -0.3 is 9.64 Å². The molecule has 186 valence electrons. The van der Waals surface area contributed by atoms with Gasteiger partial charge in [-0.25, -0.2) is 18.7 Å². The minimum absolute atomic E-state index is 0.0934. The van der Waals surface area contributed by atoms with Crippen LogP contribution < -0.4 is 10.5 Å². The van der Waals surface area contributed by atoms with Crippen LogP contribution in [-0.4, -0.2) is 43.7 Å². The highest BCUT2D eigenvalue weighted by Gasteiger charge is 2.29. The lowest BCUT2D eigenvalue weighted by molar-refractivity contribution is -0.0176. The molecule has 8 nitrogen and oxygen atoms in total. The van der Waals surface area contributed by atoms with Crippen molar-refractivity contribution >= 4 is 16.7 Å². The van der Waals surface area contributed by atoms with Crippen LogP contribution in [0.5, 0.6) is 0 Å². The summed E-state index contributed by atoms with van der Waals surface area (Å²) in [6.07, 6.45) is 0.141. The summed E-state index contributed by atoms with van der Waals surface area (Å²) in [7, 11) is 1.67. The van der Waals surface area contributed by atoms with E-state index in [0.29, 0.717) is 46.9 Å². The van der Waals surface area contributed by atoms with Crippen molar-refractivity contribution in [2.24, 2.45) is 7.05 Å². The molecule has 1 saturated heterocycles. The average Bonchev–Trinajstić information content (AvgIpc) is 2.86. The fourth-order valence-electron chi connectivity index (χ4n) is 4.49. The molecular weight excluding hydrogens is 466 g/mol. The standard InChI is InChI=1S/C26H26F2N6O2/c1-14-9-17(7-8-29-14)21-13-34(12-15(2)36-21)22-10-19-24(31-16(3)33(4)26(19)35)23(32-22)18-5-6-20(25(27)28)30-11-18/h5-11,15,21,25H,12-13H2,1-4H3/t15-,21-/m1/s1. The highest BCUT2D eigenvalue weighted by Crippen LogP contribution is 2.32. The Labute approximate surface area is 206 Å². The van der Waals surface area contributed by atoms with Gasteiger partial charge in [0.25, 0.3) is 12.0 Å². The van der Waals surface area contributed by atoms with E-state index in [4.69, 9.17) is 9.72 Å². The Hall–Kier alpha value is -3.79. The van der Waals surface area contributed by atoms with Crippen LogP contribution in [0.1, 0.15) is 42.2 Å². The van der Waals surface area contributed by atoms with Gasteiger partial charge in [-0.3, -0.25) is 19.3 Å². The van der Waals surface area contributed by atoms with Crippen molar-refractivity contribution in [3.63, 3.8) is 0 Å². The SMILES string of the molecule is Cc1cc([C@H]2CN(c3cc4c(=O)n(C)c(C)nc4c(-c4ccc(C(F)F)nc4)n3)C[C@@H](C)O2)ccn1. The molecule has 1 aliphatic heterocycles. The van der Waals surface area contributed by atoms with Crippen molar-refractivity contribution in [1.29, 1.82) is 0 Å². The molecule has 2 atom stereocenters. The third kappa shape index (κ3) is 4.44. The van der Waals surface area contributed by atoms with Crippen LogP contribution in [0.4, 0.5) is 14.6 Å². The van der Waals surface area contributed by atoms with Gasteiger partial charge in [0.1, 0.15) is 34.7 Å². The van der Waals surface area contributed by atoms with Gasteiger partial charge in [-0.1, -0.05) is 0 Å². The Balaban J connectivity index is 1.64. The summed E-state index contributed by atoms with van der Waals surface area (Å²) in [5.41, 5.74) is 2.73. The van der Waals surface area contributed by atoms with Gasteiger partial charge in [-0.2, -0.15) is 0 Å². The first kappa shape index (κ1) is 23.9. The van der Waals surface area contributed by atoms with E-state index in [9.17, 15) is 13.6 Å². The molecule has 0 bridgehead atoms. The van der Waals surface area contributed by atoms with Crippen molar-refractivity contribution in [2.75, 3.05) is 18.0 Å². The minimum atomic E-state index is -2.67. The number of fused-ring (bicyclic) bond motifs is 1. The number of morpholine rings is 1. The van der Waals surface area contributed by atoms with Crippen LogP contribution >= 0.6 is 0 Å². The summed E-state index contributed by atoms with van der Waals surface area (Å²) in [6, 6.07) is 8.50. The maximum Gasteiger partial charge on any atom is 0.280 e. The largest absolute Gasteiger partial charge is 0.367 e. The van der Waals surface area contributed by atoms with Crippen molar-refractivity contribution < 1.29 is 13.5 Å². The van der Waals surface area contributed by atoms with E-state index in [1.807, 2.05) is 26.0 Å². The lowest BCUT2D eigenvalue weighted by Gasteiger charge is -2.38. The number of ether oxygens (including phenoxy) is 1. The summed E-state index contributed by atoms with van der Waals surface area (Å²) < 4.78 is 33.9. The number of alkyl halides is 2. The number of aromatic nitrogens is 5. The molecule has 0 unspecified atom stereocenters. The number of nitrogens with zero attached hydrogens (tertiary/aromatic N) is 6. The number of rotatable bonds is 4. The van der Waals surface area contributed by atoms with E-state index in [1.165, 1.54) is 16.8 Å². The molecule has 1 aliphatic rings. The molecule has 4 aromatic heterocycles. The number of halogens is 2. The highest BCUT2D eigenvalue weighted by molar-refractivity contribution is 5.92. The Kier molecular flexibility index (Phi) is 6.21. The Bertz CT molecular complexity index is 1490. The second kappa shape index (κ2) is 9.34. The predicted molar refractivity (Wildman–Crippen MR) is 132 cm³/mol. The second-order valence-corrected chi connectivity index (χ2v) is 9.09. The molecular formula is C26H26F2N6O2. The Morgan fingerprint density at radius 2 is 1.89 bits per heavy atom. The smallest absolute Gasteiger partial charge is 0.280 e. The number of anilines is 1. The number of pyridine rings is 3. The maximum absolute atomic E-state index is 13.2. The molecule has 0 aliphatic carbocycles. The summed E-state index contributed by atoms with van der Waals surface area (Å²) >= 11 is 0. The van der Waals surface area contributed by atoms with Gasteiger partial charge in [0, 0.05) is 43.8 Å². The first-order valence-corrected chi connectivity index (χ1v) is 11.7. The number of hydrogen-bond donors (Lipinski definition) is 0. The lowest BCUT2D eigenvalue weighted by atomic mass is 10.1. The number of hydrogen-bond acceptors (Lipinski definition) is 7. The first-order valence-electron chi connectivity index (χ1n) is 11.7. The minimum Gasteiger partial charge on any atom is -0.367 e. The monoisotopic (exact) mass is 492 g/mol. The van der Waals surface area contributed by atoms with E-state index in [0.717, 1.165) is 11.3 Å². The van der Waals surface area contributed by atoms with E-state index in [1.54, 1.807) is 32.3 Å². The second-order valence-electron chi connectivity index (χ2n) is 9.09. The molecule has 1 fully saturated rings. The van der Waals surface area contributed by atoms with E-state index in [-0.39, 0.29) is 23.5 Å². The van der Waals surface area contributed by atoms with Crippen LogP contribution in [0.25, 0.3) is 22.2 Å². The molecule has 0 aromatic carbocycles. The van der Waals surface area contributed by atoms with Crippen molar-refractivity contribution in [2.45, 2.75) is 39.4 Å². The first-order chi connectivity index (χ1) is 17.2. The third-order valence-corrected chi connectivity index (χ3v) is 6.43. The molecule has 10 heteroatoms. The molecule has 0 saturated carbocycles. The summed E-state index contributed by atoms with van der Waals surface area (Å²) in [4.78, 5) is 33.0. The van der Waals surface area contributed by atoms with E-state index in [2.05, 4.69) is 19.9 Å². The van der Waals surface area contributed by atoms with Gasteiger partial charge >= 0.3 is 0 Å². The molecule has 0 radical (unpaired) electrons. The highest BCUT2D eigenvalue weighted by atomic mass is 19.3. The molecule has 0 N–H and O–H groups in total. The van der Waals surface area contributed by atoms with E-state index < -0.39 is 6.43 Å². The van der Waals surface area contributed by atoms with Gasteiger partial charge in [0.15, 0.2) is 0 Å². The number of aryl methyl sites for hydroxylation is 2. The van der Waals surface area contributed by atoms with Crippen LogP contribution in [0.3, 0.4) is 0 Å². The van der Waals surface area contributed by atoms with Crippen molar-refractivity contribution in [3.8, 4) is 11.3 Å². The van der Waals surface area contributed by atoms with Crippen LogP contribution in [0.2, 0.25) is 0 Å².